The molecule has 1 aromatic carbocycles. The first-order valence-corrected chi connectivity index (χ1v) is 13.7. The second-order valence-corrected chi connectivity index (χ2v) is 11.4. The number of rotatable bonds is 6. The second-order valence-electron chi connectivity index (χ2n) is 11.4. The van der Waals surface area contributed by atoms with Gasteiger partial charge >= 0.3 is 0 Å². The van der Waals surface area contributed by atoms with E-state index in [1.807, 2.05) is 25.3 Å². The number of piperidine rings is 1. The molecule has 3 heterocycles. The van der Waals surface area contributed by atoms with E-state index < -0.39 is 6.04 Å². The lowest BCUT2D eigenvalue weighted by Gasteiger charge is -2.49. The summed E-state index contributed by atoms with van der Waals surface area (Å²) in [5, 5.41) is 2.36. The lowest BCUT2D eigenvalue weighted by Crippen LogP contribution is -2.57. The van der Waals surface area contributed by atoms with Gasteiger partial charge in [0.05, 0.1) is 6.10 Å². The Kier molecular flexibility index (Phi) is 6.50. The highest BCUT2D eigenvalue weighted by molar-refractivity contribution is 6.05. The van der Waals surface area contributed by atoms with E-state index in [0.717, 1.165) is 29.6 Å². The van der Waals surface area contributed by atoms with Gasteiger partial charge in [-0.1, -0.05) is 0 Å². The number of methoxy groups -OCH3 is 1. The van der Waals surface area contributed by atoms with Crippen LogP contribution in [0.3, 0.4) is 0 Å². The number of likely N-dealkylation sites (tertiary alicyclic amines) is 1. The average molecular weight is 496 g/mol. The fourth-order valence-electron chi connectivity index (χ4n) is 7.17. The van der Waals surface area contributed by atoms with Gasteiger partial charge in [-0.05, 0) is 87.0 Å². The largest absolute Gasteiger partial charge is 0.489 e. The third-order valence-electron chi connectivity index (χ3n) is 9.33. The molecule has 36 heavy (non-hydrogen) atoms. The van der Waals surface area contributed by atoms with Gasteiger partial charge in [-0.3, -0.25) is 24.6 Å². The van der Waals surface area contributed by atoms with E-state index in [9.17, 15) is 14.4 Å². The fraction of sp³-hybridized carbons (Fsp3) is 0.679. The van der Waals surface area contributed by atoms with Crippen molar-refractivity contribution in [2.24, 2.45) is 11.8 Å². The van der Waals surface area contributed by atoms with Gasteiger partial charge < -0.3 is 14.4 Å². The molecule has 1 unspecified atom stereocenters. The Morgan fingerprint density at radius 2 is 1.75 bits per heavy atom. The first kappa shape index (κ1) is 23.9. The van der Waals surface area contributed by atoms with Crippen LogP contribution in [0.25, 0.3) is 0 Å². The van der Waals surface area contributed by atoms with Gasteiger partial charge in [0.2, 0.25) is 11.8 Å². The second kappa shape index (κ2) is 9.78. The van der Waals surface area contributed by atoms with Crippen molar-refractivity contribution < 1.29 is 23.9 Å². The van der Waals surface area contributed by atoms with Crippen LogP contribution in [-0.2, 0) is 20.9 Å². The highest BCUT2D eigenvalue weighted by Gasteiger charge is 2.43. The Morgan fingerprint density at radius 3 is 2.50 bits per heavy atom. The third kappa shape index (κ3) is 4.43. The molecule has 5 aliphatic rings. The molecule has 3 atom stereocenters. The molecular weight excluding hydrogens is 458 g/mol. The van der Waals surface area contributed by atoms with Crippen LogP contribution in [0, 0.1) is 11.8 Å². The number of hydrogen-bond acceptors (Lipinski definition) is 6. The van der Waals surface area contributed by atoms with Crippen molar-refractivity contribution in [2.75, 3.05) is 20.2 Å². The molecule has 2 saturated carbocycles. The minimum Gasteiger partial charge on any atom is -0.489 e. The van der Waals surface area contributed by atoms with Gasteiger partial charge in [-0.2, -0.15) is 0 Å². The molecule has 0 spiro atoms. The standard InChI is InChI=1S/C28H37N3O5/c1-35-20-7-5-17(6-8-20)19-14-30(15-19)23-3-2-4-25(23)36-21-9-10-22-18(13-21)16-31(28(22)34)24-11-12-26(32)29-27(24)33/h9-10,13,17,19-20,23-25H,2-8,11-12,14-16H2,1H3,(H,29,32,33)/t17?,20?,23-,24?,25-/m1/s1. The van der Waals surface area contributed by atoms with E-state index in [2.05, 4.69) is 10.2 Å². The Balaban J connectivity index is 1.05. The van der Waals surface area contributed by atoms with Gasteiger partial charge in [0.15, 0.2) is 0 Å². The van der Waals surface area contributed by atoms with Gasteiger partial charge in [0.1, 0.15) is 17.9 Å². The molecule has 1 N–H and O–H groups in total. The summed E-state index contributed by atoms with van der Waals surface area (Å²) in [4.78, 5) is 41.0. The predicted octanol–water partition coefficient (Wildman–Crippen LogP) is 2.88. The van der Waals surface area contributed by atoms with E-state index in [1.165, 1.54) is 51.6 Å². The van der Waals surface area contributed by atoms with E-state index in [-0.39, 0.29) is 30.2 Å². The van der Waals surface area contributed by atoms with Crippen LogP contribution in [-0.4, -0.2) is 72.0 Å². The Hall–Kier alpha value is -2.45. The topological polar surface area (TPSA) is 88.2 Å². The zero-order valence-electron chi connectivity index (χ0n) is 21.1. The molecule has 4 fully saturated rings. The summed E-state index contributed by atoms with van der Waals surface area (Å²) >= 11 is 0. The van der Waals surface area contributed by atoms with Crippen LogP contribution >= 0.6 is 0 Å². The van der Waals surface area contributed by atoms with E-state index in [0.29, 0.717) is 30.7 Å². The number of nitrogens with one attached hydrogen (secondary N) is 1. The summed E-state index contributed by atoms with van der Waals surface area (Å²) in [6, 6.07) is 5.58. The number of carbonyl (C=O) groups is 3. The number of ether oxygens (including phenoxy) is 2. The average Bonchev–Trinajstić information content (AvgIpc) is 3.43. The molecule has 3 amide bonds. The summed E-state index contributed by atoms with van der Waals surface area (Å²) in [5.74, 6) is 1.67. The Labute approximate surface area is 212 Å². The number of hydrogen-bond donors (Lipinski definition) is 1. The Bertz CT molecular complexity index is 1030. The molecule has 0 aromatic heterocycles. The van der Waals surface area contributed by atoms with Crippen molar-refractivity contribution in [2.45, 2.75) is 88.6 Å². The van der Waals surface area contributed by atoms with Crippen molar-refractivity contribution in [1.82, 2.24) is 15.1 Å². The number of fused-ring (bicyclic) bond motifs is 1. The number of nitrogens with zero attached hydrogens (tertiary/aromatic N) is 2. The molecule has 1 aromatic rings. The monoisotopic (exact) mass is 495 g/mol. The summed E-state index contributed by atoms with van der Waals surface area (Å²) in [7, 11) is 1.84. The first-order chi connectivity index (χ1) is 17.5. The molecular formula is C28H37N3O5. The minimum absolute atomic E-state index is 0.143. The zero-order valence-corrected chi connectivity index (χ0v) is 21.1. The summed E-state index contributed by atoms with van der Waals surface area (Å²) < 4.78 is 12.1. The molecule has 0 radical (unpaired) electrons. The lowest BCUT2D eigenvalue weighted by molar-refractivity contribution is -0.136. The Morgan fingerprint density at radius 1 is 0.944 bits per heavy atom. The number of amides is 3. The highest BCUT2D eigenvalue weighted by Crippen LogP contribution is 2.40. The third-order valence-corrected chi connectivity index (χ3v) is 9.33. The molecule has 8 heteroatoms. The number of carbonyl (C=O) groups excluding carboxylic acids is 3. The van der Waals surface area contributed by atoms with Crippen molar-refractivity contribution in [3.8, 4) is 5.75 Å². The van der Waals surface area contributed by atoms with Crippen molar-refractivity contribution in [1.29, 1.82) is 0 Å². The predicted molar refractivity (Wildman–Crippen MR) is 132 cm³/mol. The van der Waals surface area contributed by atoms with E-state index in [4.69, 9.17) is 9.47 Å². The molecule has 8 nitrogen and oxygen atoms in total. The van der Waals surface area contributed by atoms with Crippen molar-refractivity contribution in [3.63, 3.8) is 0 Å². The maximum atomic E-state index is 13.0. The smallest absolute Gasteiger partial charge is 0.255 e. The molecule has 194 valence electrons. The summed E-state index contributed by atoms with van der Waals surface area (Å²) in [6.07, 6.45) is 9.70. The van der Waals surface area contributed by atoms with Crippen LogP contribution in [0.15, 0.2) is 18.2 Å². The molecule has 0 bridgehead atoms. The van der Waals surface area contributed by atoms with Crippen molar-refractivity contribution >= 4 is 17.7 Å². The van der Waals surface area contributed by atoms with E-state index >= 15 is 0 Å². The van der Waals surface area contributed by atoms with Gasteiger partial charge in [-0.15, -0.1) is 0 Å². The van der Waals surface area contributed by atoms with Crippen LogP contribution in [0.4, 0.5) is 0 Å². The number of imide groups is 1. The molecule has 2 saturated heterocycles. The van der Waals surface area contributed by atoms with Crippen LogP contribution in [0.2, 0.25) is 0 Å². The summed E-state index contributed by atoms with van der Waals surface area (Å²) in [6.45, 7) is 2.75. The quantitative estimate of drug-likeness (QED) is 0.611. The number of benzene rings is 1. The molecule has 2 aliphatic carbocycles. The molecule has 3 aliphatic heterocycles. The normalized spacial score (nSPS) is 33.4. The summed E-state index contributed by atoms with van der Waals surface area (Å²) in [5.41, 5.74) is 1.52. The zero-order chi connectivity index (χ0) is 24.8. The van der Waals surface area contributed by atoms with Gasteiger partial charge in [-0.25, -0.2) is 0 Å². The van der Waals surface area contributed by atoms with Gasteiger partial charge in [0.25, 0.3) is 5.91 Å². The maximum absolute atomic E-state index is 13.0. The van der Waals surface area contributed by atoms with Crippen LogP contribution in [0.5, 0.6) is 5.75 Å². The SMILES string of the molecule is COC1CCC(C2CN([C@@H]3CCC[C@H]3Oc3ccc4c(c3)CN(C3CCC(=O)NC3=O)C4=O)C2)CC1. The van der Waals surface area contributed by atoms with Crippen LogP contribution < -0.4 is 10.1 Å². The van der Waals surface area contributed by atoms with E-state index in [1.54, 1.807) is 4.90 Å². The fourth-order valence-corrected chi connectivity index (χ4v) is 7.17. The highest BCUT2D eigenvalue weighted by atomic mass is 16.5. The van der Waals surface area contributed by atoms with Crippen LogP contribution in [0.1, 0.15) is 73.7 Å². The van der Waals surface area contributed by atoms with Crippen molar-refractivity contribution in [3.05, 3.63) is 29.3 Å². The maximum Gasteiger partial charge on any atom is 0.255 e. The minimum atomic E-state index is -0.588. The van der Waals surface area contributed by atoms with Gasteiger partial charge in [0, 0.05) is 44.8 Å². The lowest BCUT2D eigenvalue weighted by atomic mass is 9.75. The molecule has 6 rings (SSSR count). The first-order valence-electron chi connectivity index (χ1n) is 13.7.